The Hall–Kier alpha value is -2.56. The van der Waals surface area contributed by atoms with Gasteiger partial charge in [-0.05, 0) is 26.0 Å². The van der Waals surface area contributed by atoms with Crippen LogP contribution < -0.4 is 5.32 Å². The first kappa shape index (κ1) is 12.5. The van der Waals surface area contributed by atoms with Gasteiger partial charge in [0.05, 0.1) is 12.2 Å². The molecule has 0 radical (unpaired) electrons. The van der Waals surface area contributed by atoms with Crippen molar-refractivity contribution < 1.29 is 13.7 Å². The van der Waals surface area contributed by atoms with Crippen LogP contribution in [-0.4, -0.2) is 11.1 Å². The van der Waals surface area contributed by atoms with Gasteiger partial charge in [0.15, 0.2) is 0 Å². The van der Waals surface area contributed by atoms with Crippen LogP contribution in [0.3, 0.4) is 0 Å². The van der Waals surface area contributed by atoms with Crippen molar-refractivity contribution in [1.82, 2.24) is 10.5 Å². The zero-order valence-corrected chi connectivity index (χ0v) is 11.3. The molecule has 5 heteroatoms. The number of furan rings is 1. The van der Waals surface area contributed by atoms with E-state index < -0.39 is 0 Å². The second-order valence-corrected chi connectivity index (χ2v) is 4.63. The molecule has 3 rings (SSSR count). The first-order chi connectivity index (χ1) is 9.65. The fourth-order valence-corrected chi connectivity index (χ4v) is 2.19. The molecule has 0 atom stereocenters. The van der Waals surface area contributed by atoms with Gasteiger partial charge in [0.2, 0.25) is 0 Å². The molecule has 0 aliphatic rings. The van der Waals surface area contributed by atoms with E-state index in [4.69, 9.17) is 8.94 Å². The molecule has 20 heavy (non-hydrogen) atoms. The van der Waals surface area contributed by atoms with E-state index in [1.165, 1.54) is 0 Å². The Morgan fingerprint density at radius 2 is 2.10 bits per heavy atom. The molecule has 0 bridgehead atoms. The van der Waals surface area contributed by atoms with Crippen LogP contribution in [-0.2, 0) is 6.54 Å². The number of para-hydroxylation sites is 1. The monoisotopic (exact) mass is 270 g/mol. The largest absolute Gasteiger partial charge is 0.459 e. The van der Waals surface area contributed by atoms with Gasteiger partial charge in [0, 0.05) is 5.39 Å². The molecule has 3 aromatic rings. The second-order valence-electron chi connectivity index (χ2n) is 4.63. The lowest BCUT2D eigenvalue weighted by atomic mass is 10.2. The fourth-order valence-electron chi connectivity index (χ4n) is 2.19. The number of nitrogens with zero attached hydrogens (tertiary/aromatic N) is 1. The number of aromatic nitrogens is 1. The van der Waals surface area contributed by atoms with Crippen molar-refractivity contribution in [2.24, 2.45) is 0 Å². The third-order valence-electron chi connectivity index (χ3n) is 3.16. The van der Waals surface area contributed by atoms with Crippen LogP contribution in [0, 0.1) is 13.8 Å². The summed E-state index contributed by atoms with van der Waals surface area (Å²) >= 11 is 0. The average Bonchev–Trinajstić information content (AvgIpc) is 2.99. The lowest BCUT2D eigenvalue weighted by Gasteiger charge is -2.02. The van der Waals surface area contributed by atoms with Crippen molar-refractivity contribution in [1.29, 1.82) is 0 Å². The molecule has 5 nitrogen and oxygen atoms in total. The molecule has 1 aromatic carbocycles. The second kappa shape index (κ2) is 4.85. The highest BCUT2D eigenvalue weighted by atomic mass is 16.5. The Morgan fingerprint density at radius 3 is 2.80 bits per heavy atom. The number of benzene rings is 1. The summed E-state index contributed by atoms with van der Waals surface area (Å²) in [7, 11) is 0. The summed E-state index contributed by atoms with van der Waals surface area (Å²) in [5.41, 5.74) is 1.89. The van der Waals surface area contributed by atoms with Gasteiger partial charge in [-0.25, -0.2) is 0 Å². The zero-order chi connectivity index (χ0) is 14.1. The van der Waals surface area contributed by atoms with Crippen molar-refractivity contribution in [3.8, 4) is 0 Å². The highest BCUT2D eigenvalue weighted by Crippen LogP contribution is 2.19. The van der Waals surface area contributed by atoms with E-state index in [1.807, 2.05) is 30.3 Å². The van der Waals surface area contributed by atoms with Crippen LogP contribution in [0.4, 0.5) is 0 Å². The van der Waals surface area contributed by atoms with Gasteiger partial charge in [0.25, 0.3) is 5.91 Å². The summed E-state index contributed by atoms with van der Waals surface area (Å²) in [6.07, 6.45) is 0. The Kier molecular flexibility index (Phi) is 3.02. The van der Waals surface area contributed by atoms with Crippen LogP contribution in [0.25, 0.3) is 11.0 Å². The Balaban J connectivity index is 1.74. The van der Waals surface area contributed by atoms with E-state index in [2.05, 4.69) is 10.5 Å². The lowest BCUT2D eigenvalue weighted by molar-refractivity contribution is 0.0946. The molecule has 0 spiro atoms. The highest BCUT2D eigenvalue weighted by molar-refractivity contribution is 5.96. The van der Waals surface area contributed by atoms with Crippen LogP contribution in [0.15, 0.2) is 39.3 Å². The summed E-state index contributed by atoms with van der Waals surface area (Å²) in [6.45, 7) is 3.79. The van der Waals surface area contributed by atoms with E-state index in [9.17, 15) is 4.79 Å². The summed E-state index contributed by atoms with van der Waals surface area (Å²) in [4.78, 5) is 12.1. The van der Waals surface area contributed by atoms with Gasteiger partial charge in [-0.2, -0.15) is 0 Å². The average molecular weight is 270 g/mol. The SMILES string of the molecule is Cc1noc(C)c1C(=O)NCc1cc2ccccc2o1. The molecule has 2 aromatic heterocycles. The topological polar surface area (TPSA) is 68.3 Å². The van der Waals surface area contributed by atoms with Gasteiger partial charge in [0.1, 0.15) is 22.7 Å². The smallest absolute Gasteiger partial charge is 0.257 e. The van der Waals surface area contributed by atoms with Gasteiger partial charge < -0.3 is 14.3 Å². The maximum atomic E-state index is 12.1. The predicted molar refractivity (Wildman–Crippen MR) is 73.4 cm³/mol. The first-order valence-corrected chi connectivity index (χ1v) is 6.33. The number of aryl methyl sites for hydroxylation is 2. The number of nitrogens with one attached hydrogen (secondary N) is 1. The fraction of sp³-hybridized carbons (Fsp3) is 0.200. The number of fused-ring (bicyclic) bond motifs is 1. The predicted octanol–water partition coefficient (Wildman–Crippen LogP) is 2.97. The molecule has 0 fully saturated rings. The molecular weight excluding hydrogens is 256 g/mol. The van der Waals surface area contributed by atoms with E-state index in [0.29, 0.717) is 29.3 Å². The molecule has 0 saturated carbocycles. The van der Waals surface area contributed by atoms with Crippen LogP contribution in [0.2, 0.25) is 0 Å². The molecular formula is C15H14N2O3. The van der Waals surface area contributed by atoms with E-state index in [1.54, 1.807) is 13.8 Å². The van der Waals surface area contributed by atoms with Gasteiger partial charge in [-0.15, -0.1) is 0 Å². The molecule has 0 saturated heterocycles. The van der Waals surface area contributed by atoms with Crippen LogP contribution >= 0.6 is 0 Å². The minimum atomic E-state index is -0.207. The minimum absolute atomic E-state index is 0.207. The van der Waals surface area contributed by atoms with Crippen LogP contribution in [0.5, 0.6) is 0 Å². The van der Waals surface area contributed by atoms with Gasteiger partial charge in [-0.1, -0.05) is 23.4 Å². The molecule has 1 N–H and O–H groups in total. The van der Waals surface area contributed by atoms with Crippen molar-refractivity contribution in [2.75, 3.05) is 0 Å². The maximum absolute atomic E-state index is 12.1. The van der Waals surface area contributed by atoms with E-state index in [0.717, 1.165) is 11.0 Å². The highest BCUT2D eigenvalue weighted by Gasteiger charge is 2.17. The van der Waals surface area contributed by atoms with Crippen molar-refractivity contribution in [2.45, 2.75) is 20.4 Å². The molecule has 0 aliphatic heterocycles. The number of amides is 1. The molecule has 102 valence electrons. The van der Waals surface area contributed by atoms with Crippen molar-refractivity contribution in [3.05, 3.63) is 53.1 Å². The van der Waals surface area contributed by atoms with Crippen molar-refractivity contribution >= 4 is 16.9 Å². The number of hydrogen-bond acceptors (Lipinski definition) is 4. The Bertz CT molecular complexity index is 718. The lowest BCUT2D eigenvalue weighted by Crippen LogP contribution is -2.23. The first-order valence-electron chi connectivity index (χ1n) is 6.33. The number of rotatable bonds is 3. The normalized spacial score (nSPS) is 10.9. The molecule has 1 amide bonds. The van der Waals surface area contributed by atoms with E-state index >= 15 is 0 Å². The Morgan fingerprint density at radius 1 is 1.30 bits per heavy atom. The molecule has 2 heterocycles. The standard InChI is InChI=1S/C15H14N2O3/c1-9-14(10(2)20-17-9)15(18)16-8-12-7-11-5-3-4-6-13(11)19-12/h3-7H,8H2,1-2H3,(H,16,18). The molecule has 0 aliphatic carbocycles. The third-order valence-corrected chi connectivity index (χ3v) is 3.16. The number of carbonyl (C=O) groups excluding carboxylic acids is 1. The summed E-state index contributed by atoms with van der Waals surface area (Å²) in [5.74, 6) is 1.03. The third kappa shape index (κ3) is 2.18. The summed E-state index contributed by atoms with van der Waals surface area (Å²) in [5, 5.41) is 7.60. The quantitative estimate of drug-likeness (QED) is 0.794. The molecule has 0 unspecified atom stereocenters. The van der Waals surface area contributed by atoms with Crippen LogP contribution in [0.1, 0.15) is 27.6 Å². The van der Waals surface area contributed by atoms with E-state index in [-0.39, 0.29) is 5.91 Å². The summed E-state index contributed by atoms with van der Waals surface area (Å²) < 4.78 is 10.6. The number of hydrogen-bond donors (Lipinski definition) is 1. The zero-order valence-electron chi connectivity index (χ0n) is 11.3. The van der Waals surface area contributed by atoms with Gasteiger partial charge in [-0.3, -0.25) is 4.79 Å². The minimum Gasteiger partial charge on any atom is -0.459 e. The Labute approximate surface area is 115 Å². The van der Waals surface area contributed by atoms with Gasteiger partial charge >= 0.3 is 0 Å². The van der Waals surface area contributed by atoms with Crippen molar-refractivity contribution in [3.63, 3.8) is 0 Å². The maximum Gasteiger partial charge on any atom is 0.257 e. The summed E-state index contributed by atoms with van der Waals surface area (Å²) in [6, 6.07) is 9.65. The number of carbonyl (C=O) groups is 1.